The number of hydrogen-bond acceptors (Lipinski definition) is 3. The van der Waals surface area contributed by atoms with E-state index >= 15 is 0 Å². The minimum atomic E-state index is 0. The number of nitrogens with zero attached hydrogens (tertiary/aromatic N) is 5. The monoisotopic (exact) mass is 424 g/mol. The van der Waals surface area contributed by atoms with Crippen molar-refractivity contribution in [2.75, 3.05) is 18.5 Å². The topological polar surface area (TPSA) is 58.3 Å². The van der Waals surface area contributed by atoms with Crippen LogP contribution in [0.1, 0.15) is 23.6 Å². The van der Waals surface area contributed by atoms with Crippen molar-refractivity contribution in [1.82, 2.24) is 20.1 Å². The highest BCUT2D eigenvalue weighted by atomic mass is 127. The third-order valence-corrected chi connectivity index (χ3v) is 4.45. The third-order valence-electron chi connectivity index (χ3n) is 4.45. The van der Waals surface area contributed by atoms with E-state index in [4.69, 9.17) is 0 Å². The summed E-state index contributed by atoms with van der Waals surface area (Å²) < 4.78 is 2.22. The highest BCUT2D eigenvalue weighted by molar-refractivity contribution is 14.0. The molecule has 0 saturated heterocycles. The van der Waals surface area contributed by atoms with Crippen LogP contribution < -0.4 is 10.2 Å². The van der Waals surface area contributed by atoms with Gasteiger partial charge in [-0.2, -0.15) is 0 Å². The van der Waals surface area contributed by atoms with Gasteiger partial charge in [-0.05, 0) is 24.5 Å². The molecular formula is C16H21IN6. The number of rotatable bonds is 2. The third kappa shape index (κ3) is 2.93. The van der Waals surface area contributed by atoms with Crippen molar-refractivity contribution in [2.24, 2.45) is 4.99 Å². The molecule has 7 heteroatoms. The van der Waals surface area contributed by atoms with E-state index in [1.807, 2.05) is 7.05 Å². The Morgan fingerprint density at radius 2 is 2.09 bits per heavy atom. The van der Waals surface area contributed by atoms with Gasteiger partial charge in [-0.15, -0.1) is 34.2 Å². The molecule has 2 aliphatic rings. The predicted octanol–water partition coefficient (Wildman–Crippen LogP) is 1.98. The second kappa shape index (κ2) is 6.86. The Morgan fingerprint density at radius 1 is 1.22 bits per heavy atom. The number of guanidine groups is 1. The zero-order valence-corrected chi connectivity index (χ0v) is 15.5. The number of nitrogens with one attached hydrogen (secondary N) is 1. The van der Waals surface area contributed by atoms with Crippen molar-refractivity contribution >= 4 is 35.6 Å². The highest BCUT2D eigenvalue weighted by Gasteiger charge is 2.23. The van der Waals surface area contributed by atoms with Gasteiger partial charge < -0.3 is 14.8 Å². The number of hydrogen-bond donors (Lipinski definition) is 1. The van der Waals surface area contributed by atoms with Gasteiger partial charge in [0.2, 0.25) is 0 Å². The first-order chi connectivity index (χ1) is 10.9. The van der Waals surface area contributed by atoms with Crippen molar-refractivity contribution in [3.05, 3.63) is 41.5 Å². The van der Waals surface area contributed by atoms with Gasteiger partial charge in [0.1, 0.15) is 5.82 Å². The van der Waals surface area contributed by atoms with Gasteiger partial charge in [0.25, 0.3) is 0 Å². The fraction of sp³-hybridized carbons (Fsp3) is 0.438. The second-order valence-electron chi connectivity index (χ2n) is 5.72. The summed E-state index contributed by atoms with van der Waals surface area (Å²) in [5.41, 5.74) is 2.64. The molecule has 0 fully saturated rings. The van der Waals surface area contributed by atoms with Gasteiger partial charge in [-0.1, -0.05) is 18.2 Å². The van der Waals surface area contributed by atoms with Crippen molar-refractivity contribution in [3.8, 4) is 0 Å². The van der Waals surface area contributed by atoms with E-state index in [1.54, 1.807) is 0 Å². The number of aliphatic imine (C=N–C) groups is 1. The van der Waals surface area contributed by atoms with Gasteiger partial charge in [0.05, 0.1) is 6.54 Å². The Kier molecular flexibility index (Phi) is 4.84. The number of halogens is 1. The molecule has 3 heterocycles. The van der Waals surface area contributed by atoms with Crippen LogP contribution in [0.5, 0.6) is 0 Å². The largest absolute Gasteiger partial charge is 0.349 e. The number of para-hydroxylation sites is 1. The first-order valence-corrected chi connectivity index (χ1v) is 7.84. The van der Waals surface area contributed by atoms with Crippen LogP contribution >= 0.6 is 24.0 Å². The van der Waals surface area contributed by atoms with Crippen molar-refractivity contribution in [2.45, 2.75) is 32.4 Å². The standard InChI is InChI=1S/C16H20N6.HI/c1-17-16(21-10-8-12-5-2-3-6-13(12)21)18-11-15-20-19-14-7-4-9-22(14)15;/h2-3,5-6H,4,7-11H2,1H3,(H,17,18);1H. The summed E-state index contributed by atoms with van der Waals surface area (Å²) in [5, 5.41) is 12.0. The molecule has 2 aliphatic heterocycles. The van der Waals surface area contributed by atoms with Gasteiger partial charge >= 0.3 is 0 Å². The molecule has 0 spiro atoms. The van der Waals surface area contributed by atoms with E-state index in [-0.39, 0.29) is 24.0 Å². The highest BCUT2D eigenvalue weighted by Crippen LogP contribution is 2.27. The van der Waals surface area contributed by atoms with Gasteiger partial charge in [0.15, 0.2) is 11.8 Å². The molecule has 0 radical (unpaired) electrons. The molecule has 0 aliphatic carbocycles. The first kappa shape index (κ1) is 16.2. The summed E-state index contributed by atoms with van der Waals surface area (Å²) in [6.07, 6.45) is 3.28. The first-order valence-electron chi connectivity index (χ1n) is 7.84. The van der Waals surface area contributed by atoms with Crippen LogP contribution in [0.4, 0.5) is 5.69 Å². The molecule has 0 bridgehead atoms. The minimum absolute atomic E-state index is 0. The summed E-state index contributed by atoms with van der Waals surface area (Å²) >= 11 is 0. The number of anilines is 1. The maximum atomic E-state index is 4.44. The van der Waals surface area contributed by atoms with Crippen LogP contribution in [0.3, 0.4) is 0 Å². The summed E-state index contributed by atoms with van der Waals surface area (Å²) in [6, 6.07) is 8.52. The van der Waals surface area contributed by atoms with Crippen LogP contribution in [0.25, 0.3) is 0 Å². The smallest absolute Gasteiger partial charge is 0.198 e. The fourth-order valence-electron chi connectivity index (χ4n) is 3.35. The van der Waals surface area contributed by atoms with E-state index in [9.17, 15) is 0 Å². The number of fused-ring (bicyclic) bond motifs is 2. The van der Waals surface area contributed by atoms with E-state index in [0.29, 0.717) is 6.54 Å². The summed E-state index contributed by atoms with van der Waals surface area (Å²) in [4.78, 5) is 6.68. The summed E-state index contributed by atoms with van der Waals surface area (Å²) in [5.74, 6) is 3.01. The molecule has 23 heavy (non-hydrogen) atoms. The average Bonchev–Trinajstić information content (AvgIpc) is 3.24. The molecule has 1 N–H and O–H groups in total. The average molecular weight is 424 g/mol. The number of aryl methyl sites for hydroxylation is 1. The number of aromatic nitrogens is 3. The van der Waals surface area contributed by atoms with E-state index in [0.717, 1.165) is 43.5 Å². The minimum Gasteiger partial charge on any atom is -0.349 e. The molecule has 6 nitrogen and oxygen atoms in total. The van der Waals surface area contributed by atoms with Gasteiger partial charge in [-0.3, -0.25) is 4.99 Å². The van der Waals surface area contributed by atoms with E-state index < -0.39 is 0 Å². The van der Waals surface area contributed by atoms with Crippen molar-refractivity contribution in [1.29, 1.82) is 0 Å². The summed E-state index contributed by atoms with van der Waals surface area (Å²) in [6.45, 7) is 2.67. The van der Waals surface area contributed by atoms with Crippen LogP contribution in [0.15, 0.2) is 29.3 Å². The SMILES string of the molecule is CN=C(NCc1nnc2n1CCC2)N1CCc2ccccc21.I. The zero-order chi connectivity index (χ0) is 14.9. The normalized spacial score (nSPS) is 16.0. The Bertz CT molecular complexity index is 723. The molecule has 4 rings (SSSR count). The molecule has 2 aromatic rings. The second-order valence-corrected chi connectivity index (χ2v) is 5.72. The lowest BCUT2D eigenvalue weighted by Crippen LogP contribution is -2.40. The van der Waals surface area contributed by atoms with Crippen molar-refractivity contribution in [3.63, 3.8) is 0 Å². The van der Waals surface area contributed by atoms with Crippen LogP contribution in [0.2, 0.25) is 0 Å². The Morgan fingerprint density at radius 3 is 2.96 bits per heavy atom. The molecule has 0 unspecified atom stereocenters. The molecule has 1 aromatic carbocycles. The van der Waals surface area contributed by atoms with Crippen LogP contribution in [-0.4, -0.2) is 34.3 Å². The molecule has 0 amide bonds. The van der Waals surface area contributed by atoms with E-state index in [1.165, 1.54) is 17.7 Å². The molecular weight excluding hydrogens is 403 g/mol. The lowest BCUT2D eigenvalue weighted by Gasteiger charge is -2.22. The van der Waals surface area contributed by atoms with E-state index in [2.05, 4.69) is 54.2 Å². The van der Waals surface area contributed by atoms with Gasteiger partial charge in [0, 0.05) is 32.2 Å². The van der Waals surface area contributed by atoms with Crippen molar-refractivity contribution < 1.29 is 0 Å². The molecule has 1 aromatic heterocycles. The molecule has 0 saturated carbocycles. The Labute approximate surface area is 153 Å². The maximum Gasteiger partial charge on any atom is 0.198 e. The maximum absolute atomic E-state index is 4.44. The quantitative estimate of drug-likeness (QED) is 0.455. The van der Waals surface area contributed by atoms with Gasteiger partial charge in [-0.25, -0.2) is 0 Å². The van der Waals surface area contributed by atoms with Crippen LogP contribution in [-0.2, 0) is 25.9 Å². The Hall–Kier alpha value is -1.64. The fourth-order valence-corrected chi connectivity index (χ4v) is 3.35. The predicted molar refractivity (Wildman–Crippen MR) is 101 cm³/mol. The zero-order valence-electron chi connectivity index (χ0n) is 13.2. The Balaban J connectivity index is 0.00000156. The lowest BCUT2D eigenvalue weighted by molar-refractivity contribution is 0.667. The number of benzene rings is 1. The summed E-state index contributed by atoms with van der Waals surface area (Å²) in [7, 11) is 1.83. The molecule has 0 atom stereocenters. The molecule has 122 valence electrons. The lowest BCUT2D eigenvalue weighted by atomic mass is 10.2. The van der Waals surface area contributed by atoms with Crippen LogP contribution in [0, 0.1) is 0 Å².